The number of rotatable bonds is 12. The second-order valence-corrected chi connectivity index (χ2v) is 5.75. The lowest BCUT2D eigenvalue weighted by atomic mass is 9.91. The van der Waals surface area contributed by atoms with Crippen LogP contribution in [0.15, 0.2) is 17.1 Å². The number of oxazole rings is 1. The summed E-state index contributed by atoms with van der Waals surface area (Å²) in [5.41, 5.74) is 1.14. The minimum atomic E-state index is 0.804. The highest BCUT2D eigenvalue weighted by Crippen LogP contribution is 2.22. The van der Waals surface area contributed by atoms with E-state index in [4.69, 9.17) is 4.42 Å². The molecule has 0 aliphatic rings. The highest BCUT2D eigenvalue weighted by molar-refractivity contribution is 4.92. The van der Waals surface area contributed by atoms with Gasteiger partial charge in [0, 0.05) is 0 Å². The zero-order valence-corrected chi connectivity index (χ0v) is 12.9. The van der Waals surface area contributed by atoms with Gasteiger partial charge in [-0.3, -0.25) is 0 Å². The lowest BCUT2D eigenvalue weighted by molar-refractivity contribution is 0.400. The molecule has 1 aromatic rings. The van der Waals surface area contributed by atoms with Gasteiger partial charge >= 0.3 is 0 Å². The Hall–Kier alpha value is -0.790. The molecule has 2 heteroatoms. The Morgan fingerprint density at radius 3 is 2.05 bits per heavy atom. The van der Waals surface area contributed by atoms with E-state index in [1.165, 1.54) is 64.2 Å². The Morgan fingerprint density at radius 2 is 1.58 bits per heavy atom. The first-order chi connectivity index (χ1) is 9.36. The molecule has 1 rings (SSSR count). The summed E-state index contributed by atoms with van der Waals surface area (Å²) in [6.45, 7) is 4.55. The minimum Gasteiger partial charge on any atom is -0.451 e. The van der Waals surface area contributed by atoms with Crippen LogP contribution in [0.4, 0.5) is 0 Å². The van der Waals surface area contributed by atoms with E-state index in [1.807, 2.05) is 6.26 Å². The number of nitrogens with zero attached hydrogens (tertiary/aromatic N) is 1. The summed E-state index contributed by atoms with van der Waals surface area (Å²) in [4.78, 5) is 4.28. The van der Waals surface area contributed by atoms with Crippen molar-refractivity contribution >= 4 is 0 Å². The van der Waals surface area contributed by atoms with Crippen molar-refractivity contribution in [3.63, 3.8) is 0 Å². The van der Waals surface area contributed by atoms with Crippen molar-refractivity contribution in [1.29, 1.82) is 0 Å². The average molecular weight is 265 g/mol. The van der Waals surface area contributed by atoms with Crippen LogP contribution in [-0.4, -0.2) is 4.98 Å². The number of unbranched alkanes of at least 4 members (excludes halogenated alkanes) is 6. The molecule has 0 saturated carbocycles. The summed E-state index contributed by atoms with van der Waals surface area (Å²) in [5.74, 6) is 0.804. The van der Waals surface area contributed by atoms with Gasteiger partial charge in [-0.1, -0.05) is 78.1 Å². The fraction of sp³-hybridized carbons (Fsp3) is 0.824. The van der Waals surface area contributed by atoms with E-state index in [0.717, 1.165) is 18.0 Å². The first kappa shape index (κ1) is 16.3. The fourth-order valence-electron chi connectivity index (χ4n) is 2.70. The molecular weight excluding hydrogens is 234 g/mol. The standard InChI is InChI=1S/C17H31NO/c1-3-5-7-9-11-16(12-10-8-6-4-2)13-17-14-19-15-18-17/h14-16H,3-13H2,1-2H3. The maximum Gasteiger partial charge on any atom is 0.180 e. The van der Waals surface area contributed by atoms with Crippen molar-refractivity contribution in [2.24, 2.45) is 5.92 Å². The van der Waals surface area contributed by atoms with Crippen LogP contribution in [0.3, 0.4) is 0 Å². The van der Waals surface area contributed by atoms with Gasteiger partial charge in [-0.2, -0.15) is 0 Å². The van der Waals surface area contributed by atoms with Crippen LogP contribution in [0.5, 0.6) is 0 Å². The molecule has 0 radical (unpaired) electrons. The molecule has 0 spiro atoms. The Morgan fingerprint density at radius 1 is 0.947 bits per heavy atom. The summed E-state index contributed by atoms with van der Waals surface area (Å²) in [5, 5.41) is 0. The van der Waals surface area contributed by atoms with Crippen molar-refractivity contribution in [1.82, 2.24) is 4.98 Å². The molecule has 0 unspecified atom stereocenters. The van der Waals surface area contributed by atoms with Crippen LogP contribution in [0.1, 0.15) is 83.7 Å². The summed E-state index contributed by atoms with van der Waals surface area (Å²) >= 11 is 0. The van der Waals surface area contributed by atoms with Crippen molar-refractivity contribution in [3.05, 3.63) is 18.4 Å². The summed E-state index contributed by atoms with van der Waals surface area (Å²) in [6, 6.07) is 0. The number of hydrogen-bond donors (Lipinski definition) is 0. The van der Waals surface area contributed by atoms with Crippen LogP contribution in [0.25, 0.3) is 0 Å². The second kappa shape index (κ2) is 11.1. The van der Waals surface area contributed by atoms with E-state index in [2.05, 4.69) is 18.8 Å². The molecule has 110 valence electrons. The Bertz CT molecular complexity index is 269. The molecule has 0 N–H and O–H groups in total. The highest BCUT2D eigenvalue weighted by Gasteiger charge is 2.11. The third-order valence-electron chi connectivity index (χ3n) is 3.91. The van der Waals surface area contributed by atoms with Crippen LogP contribution < -0.4 is 0 Å². The predicted octanol–water partition coefficient (Wildman–Crippen LogP) is 5.77. The molecule has 0 aliphatic carbocycles. The molecule has 0 saturated heterocycles. The third-order valence-corrected chi connectivity index (χ3v) is 3.91. The summed E-state index contributed by atoms with van der Waals surface area (Å²) < 4.78 is 5.09. The second-order valence-electron chi connectivity index (χ2n) is 5.75. The molecule has 0 bridgehead atoms. The normalized spacial score (nSPS) is 11.3. The summed E-state index contributed by atoms with van der Waals surface area (Å²) in [7, 11) is 0. The van der Waals surface area contributed by atoms with Gasteiger partial charge in [0.2, 0.25) is 0 Å². The van der Waals surface area contributed by atoms with Crippen molar-refractivity contribution < 1.29 is 4.42 Å². The zero-order chi connectivity index (χ0) is 13.8. The van der Waals surface area contributed by atoms with Gasteiger partial charge in [-0.15, -0.1) is 0 Å². The first-order valence-electron chi connectivity index (χ1n) is 8.23. The topological polar surface area (TPSA) is 26.0 Å². The molecule has 1 aromatic heterocycles. The average Bonchev–Trinajstić information content (AvgIpc) is 2.92. The molecular formula is C17H31NO. The largest absolute Gasteiger partial charge is 0.451 e. The lowest BCUT2D eigenvalue weighted by Crippen LogP contribution is -2.05. The summed E-state index contributed by atoms with van der Waals surface area (Å²) in [6.07, 6.45) is 18.1. The lowest BCUT2D eigenvalue weighted by Gasteiger charge is -2.15. The molecule has 2 nitrogen and oxygen atoms in total. The molecule has 0 aliphatic heterocycles. The Balaban J connectivity index is 2.25. The smallest absolute Gasteiger partial charge is 0.180 e. The van der Waals surface area contributed by atoms with Crippen LogP contribution in [0, 0.1) is 5.92 Å². The molecule has 0 aromatic carbocycles. The third kappa shape index (κ3) is 8.07. The fourth-order valence-corrected chi connectivity index (χ4v) is 2.70. The Kier molecular flexibility index (Phi) is 9.48. The van der Waals surface area contributed by atoms with Crippen LogP contribution in [-0.2, 0) is 6.42 Å². The first-order valence-corrected chi connectivity index (χ1v) is 8.23. The van der Waals surface area contributed by atoms with E-state index in [0.29, 0.717) is 0 Å². The van der Waals surface area contributed by atoms with Crippen molar-refractivity contribution in [2.45, 2.75) is 84.5 Å². The van der Waals surface area contributed by atoms with Crippen molar-refractivity contribution in [3.8, 4) is 0 Å². The number of hydrogen-bond acceptors (Lipinski definition) is 2. The van der Waals surface area contributed by atoms with Gasteiger partial charge in [-0.05, 0) is 12.3 Å². The monoisotopic (exact) mass is 265 g/mol. The highest BCUT2D eigenvalue weighted by atomic mass is 16.3. The van der Waals surface area contributed by atoms with E-state index in [-0.39, 0.29) is 0 Å². The molecule has 0 atom stereocenters. The zero-order valence-electron chi connectivity index (χ0n) is 12.9. The van der Waals surface area contributed by atoms with Gasteiger partial charge in [0.1, 0.15) is 6.26 Å². The van der Waals surface area contributed by atoms with Crippen LogP contribution >= 0.6 is 0 Å². The van der Waals surface area contributed by atoms with Crippen LogP contribution in [0.2, 0.25) is 0 Å². The molecule has 0 fully saturated rings. The molecule has 0 amide bonds. The van der Waals surface area contributed by atoms with Crippen molar-refractivity contribution in [2.75, 3.05) is 0 Å². The minimum absolute atomic E-state index is 0.804. The van der Waals surface area contributed by atoms with E-state index < -0.39 is 0 Å². The van der Waals surface area contributed by atoms with Gasteiger partial charge in [0.05, 0.1) is 5.69 Å². The molecule has 19 heavy (non-hydrogen) atoms. The van der Waals surface area contributed by atoms with E-state index in [9.17, 15) is 0 Å². The van der Waals surface area contributed by atoms with Gasteiger partial charge in [0.15, 0.2) is 6.39 Å². The van der Waals surface area contributed by atoms with E-state index in [1.54, 1.807) is 6.39 Å². The predicted molar refractivity (Wildman–Crippen MR) is 81.2 cm³/mol. The van der Waals surface area contributed by atoms with E-state index >= 15 is 0 Å². The maximum absolute atomic E-state index is 5.09. The number of aromatic nitrogens is 1. The van der Waals surface area contributed by atoms with Gasteiger partial charge in [-0.25, -0.2) is 4.98 Å². The molecule has 1 heterocycles. The SMILES string of the molecule is CCCCCCC(CCCCCC)Cc1cocn1. The van der Waals surface area contributed by atoms with Gasteiger partial charge < -0.3 is 4.42 Å². The van der Waals surface area contributed by atoms with Gasteiger partial charge in [0.25, 0.3) is 0 Å². The maximum atomic E-state index is 5.09. The Labute approximate surface area is 119 Å². The quantitative estimate of drug-likeness (QED) is 0.448.